The van der Waals surface area contributed by atoms with Gasteiger partial charge in [0.25, 0.3) is 0 Å². The molecule has 16 heavy (non-hydrogen) atoms. The molecule has 0 bridgehead atoms. The van der Waals surface area contributed by atoms with E-state index in [1.807, 2.05) is 5.38 Å². The number of carbonyl (C=O) groups is 1. The van der Waals surface area contributed by atoms with Gasteiger partial charge >= 0.3 is 5.97 Å². The summed E-state index contributed by atoms with van der Waals surface area (Å²) in [5, 5.41) is 13.5. The minimum atomic E-state index is -1.08. The zero-order chi connectivity index (χ0) is 11.4. The Hall–Kier alpha value is -2.02. The van der Waals surface area contributed by atoms with E-state index in [9.17, 15) is 4.79 Å². The van der Waals surface area contributed by atoms with E-state index >= 15 is 0 Å². The highest BCUT2D eigenvalue weighted by Crippen LogP contribution is 2.05. The highest BCUT2D eigenvalue weighted by molar-refractivity contribution is 7.07. The summed E-state index contributed by atoms with van der Waals surface area (Å²) >= 11 is 1.52. The maximum absolute atomic E-state index is 10.5. The molecule has 2 aromatic rings. The number of aromatic carboxylic acids is 1. The molecule has 2 N–H and O–H groups in total. The van der Waals surface area contributed by atoms with Gasteiger partial charge in [0.2, 0.25) is 0 Å². The number of nitrogens with zero attached hydrogens (tertiary/aromatic N) is 3. The lowest BCUT2D eigenvalue weighted by atomic mass is 10.4. The van der Waals surface area contributed by atoms with Gasteiger partial charge < -0.3 is 10.4 Å². The topological polar surface area (TPSA) is 88.0 Å². The second kappa shape index (κ2) is 4.67. The molecule has 0 fully saturated rings. The monoisotopic (exact) mass is 236 g/mol. The van der Waals surface area contributed by atoms with Crippen LogP contribution in [0.3, 0.4) is 0 Å². The molecular formula is C9H8N4O2S. The van der Waals surface area contributed by atoms with Crippen LogP contribution in [0.4, 0.5) is 5.82 Å². The zero-order valence-corrected chi connectivity index (χ0v) is 8.94. The molecule has 0 atom stereocenters. The largest absolute Gasteiger partial charge is 0.476 e. The predicted octanol–water partition coefficient (Wildman–Crippen LogP) is 1.24. The van der Waals surface area contributed by atoms with Crippen molar-refractivity contribution in [2.75, 3.05) is 5.32 Å². The van der Waals surface area contributed by atoms with Gasteiger partial charge in [-0.05, 0) is 0 Å². The van der Waals surface area contributed by atoms with Crippen molar-refractivity contribution in [2.24, 2.45) is 0 Å². The summed E-state index contributed by atoms with van der Waals surface area (Å²) < 4.78 is 0. The molecule has 0 aliphatic carbocycles. The number of hydrogen-bond acceptors (Lipinski definition) is 6. The smallest absolute Gasteiger partial charge is 0.356 e. The minimum Gasteiger partial charge on any atom is -0.476 e. The summed E-state index contributed by atoms with van der Waals surface area (Å²) in [4.78, 5) is 22.3. The maximum Gasteiger partial charge on any atom is 0.356 e. The first-order chi connectivity index (χ1) is 7.75. The summed E-state index contributed by atoms with van der Waals surface area (Å²) in [6.07, 6.45) is 2.60. The SMILES string of the molecule is O=C(O)c1cnc(NCc2cscn2)cn1. The third-order valence-corrected chi connectivity index (χ3v) is 2.44. The van der Waals surface area contributed by atoms with E-state index in [1.165, 1.54) is 23.7 Å². The fourth-order valence-electron chi connectivity index (χ4n) is 1.04. The Morgan fingerprint density at radius 2 is 2.25 bits per heavy atom. The van der Waals surface area contributed by atoms with Crippen LogP contribution in [-0.2, 0) is 6.54 Å². The number of aromatic nitrogens is 3. The average Bonchev–Trinajstić information content (AvgIpc) is 2.80. The van der Waals surface area contributed by atoms with E-state index in [2.05, 4.69) is 20.3 Å². The van der Waals surface area contributed by atoms with E-state index in [1.54, 1.807) is 5.51 Å². The highest BCUT2D eigenvalue weighted by atomic mass is 32.1. The molecule has 0 unspecified atom stereocenters. The van der Waals surface area contributed by atoms with E-state index in [0.717, 1.165) is 5.69 Å². The number of carboxylic acids is 1. The van der Waals surface area contributed by atoms with Gasteiger partial charge in [-0.25, -0.2) is 19.7 Å². The molecule has 2 rings (SSSR count). The normalized spacial score (nSPS) is 10.0. The van der Waals surface area contributed by atoms with Crippen LogP contribution in [0, 0.1) is 0 Å². The third-order valence-electron chi connectivity index (χ3n) is 1.81. The molecule has 6 nitrogen and oxygen atoms in total. The average molecular weight is 236 g/mol. The number of rotatable bonds is 4. The van der Waals surface area contributed by atoms with Crippen molar-refractivity contribution in [1.82, 2.24) is 15.0 Å². The number of nitrogens with one attached hydrogen (secondary N) is 1. The van der Waals surface area contributed by atoms with E-state index in [-0.39, 0.29) is 5.69 Å². The lowest BCUT2D eigenvalue weighted by Gasteiger charge is -2.02. The lowest BCUT2D eigenvalue weighted by Crippen LogP contribution is -2.05. The number of anilines is 1. The van der Waals surface area contributed by atoms with Gasteiger partial charge in [0.1, 0.15) is 5.82 Å². The van der Waals surface area contributed by atoms with Crippen LogP contribution in [0.25, 0.3) is 0 Å². The quantitative estimate of drug-likeness (QED) is 0.830. The summed E-state index contributed by atoms with van der Waals surface area (Å²) in [5.41, 5.74) is 2.59. The van der Waals surface area contributed by atoms with Crippen LogP contribution in [0.1, 0.15) is 16.2 Å². The molecular weight excluding hydrogens is 228 g/mol. The van der Waals surface area contributed by atoms with E-state index in [0.29, 0.717) is 12.4 Å². The van der Waals surface area contributed by atoms with Gasteiger partial charge in [-0.1, -0.05) is 0 Å². The molecule has 0 saturated carbocycles. The Balaban J connectivity index is 1.98. The molecule has 0 aliphatic rings. The third kappa shape index (κ3) is 2.51. The lowest BCUT2D eigenvalue weighted by molar-refractivity contribution is 0.0690. The number of thiazole rings is 1. The number of carboxylic acid groups (broad SMARTS) is 1. The molecule has 2 aromatic heterocycles. The van der Waals surface area contributed by atoms with Gasteiger partial charge in [-0.3, -0.25) is 0 Å². The van der Waals surface area contributed by atoms with E-state index < -0.39 is 5.97 Å². The Bertz CT molecular complexity index is 469. The Labute approximate surface area is 95.0 Å². The molecule has 7 heteroatoms. The van der Waals surface area contributed by atoms with Crippen LogP contribution >= 0.6 is 11.3 Å². The van der Waals surface area contributed by atoms with Crippen molar-refractivity contribution in [3.8, 4) is 0 Å². The summed E-state index contributed by atoms with van der Waals surface area (Å²) in [6.45, 7) is 0.546. The Kier molecular flexibility index (Phi) is 3.06. The molecule has 0 spiro atoms. The Morgan fingerprint density at radius 1 is 1.38 bits per heavy atom. The fourth-order valence-corrected chi connectivity index (χ4v) is 1.59. The molecule has 0 radical (unpaired) electrons. The van der Waals surface area contributed by atoms with Crippen molar-refractivity contribution < 1.29 is 9.90 Å². The van der Waals surface area contributed by atoms with Gasteiger partial charge in [-0.15, -0.1) is 11.3 Å². The predicted molar refractivity (Wildman–Crippen MR) is 58.4 cm³/mol. The van der Waals surface area contributed by atoms with Gasteiger partial charge in [-0.2, -0.15) is 0 Å². The van der Waals surface area contributed by atoms with Crippen LogP contribution in [-0.4, -0.2) is 26.0 Å². The van der Waals surface area contributed by atoms with Gasteiger partial charge in [0, 0.05) is 5.38 Å². The van der Waals surface area contributed by atoms with Crippen molar-refractivity contribution in [3.63, 3.8) is 0 Å². The van der Waals surface area contributed by atoms with Crippen LogP contribution in [0.5, 0.6) is 0 Å². The number of hydrogen-bond donors (Lipinski definition) is 2. The second-order valence-electron chi connectivity index (χ2n) is 2.93. The maximum atomic E-state index is 10.5. The van der Waals surface area contributed by atoms with Crippen LogP contribution < -0.4 is 5.32 Å². The summed E-state index contributed by atoms with van der Waals surface area (Å²) in [7, 11) is 0. The van der Waals surface area contributed by atoms with Crippen molar-refractivity contribution in [1.29, 1.82) is 0 Å². The summed E-state index contributed by atoms with van der Waals surface area (Å²) in [6, 6.07) is 0. The molecule has 82 valence electrons. The van der Waals surface area contributed by atoms with Crippen molar-refractivity contribution in [2.45, 2.75) is 6.54 Å². The fraction of sp³-hybridized carbons (Fsp3) is 0.111. The van der Waals surface area contributed by atoms with E-state index in [4.69, 9.17) is 5.11 Å². The first-order valence-corrected chi connectivity index (χ1v) is 5.36. The summed E-state index contributed by atoms with van der Waals surface area (Å²) in [5.74, 6) is -0.559. The standard InChI is InChI=1S/C9H8N4O2S/c14-9(15)7-2-12-8(3-10-7)11-1-6-4-16-5-13-6/h2-5H,1H2,(H,11,12)(H,14,15). The van der Waals surface area contributed by atoms with Crippen molar-refractivity contribution in [3.05, 3.63) is 34.7 Å². The van der Waals surface area contributed by atoms with Gasteiger partial charge in [0.05, 0.1) is 30.1 Å². The molecule has 0 saturated heterocycles. The van der Waals surface area contributed by atoms with Crippen LogP contribution in [0.2, 0.25) is 0 Å². The van der Waals surface area contributed by atoms with Crippen molar-refractivity contribution >= 4 is 23.1 Å². The first-order valence-electron chi connectivity index (χ1n) is 4.42. The molecule has 0 amide bonds. The highest BCUT2D eigenvalue weighted by Gasteiger charge is 2.04. The zero-order valence-electron chi connectivity index (χ0n) is 8.12. The first kappa shape index (κ1) is 10.5. The molecule has 0 aliphatic heterocycles. The molecule has 2 heterocycles. The second-order valence-corrected chi connectivity index (χ2v) is 3.64. The minimum absolute atomic E-state index is 0.0702. The van der Waals surface area contributed by atoms with Crippen LogP contribution in [0.15, 0.2) is 23.3 Å². The van der Waals surface area contributed by atoms with Gasteiger partial charge in [0.15, 0.2) is 5.69 Å². The molecule has 0 aromatic carbocycles. The Morgan fingerprint density at radius 3 is 2.81 bits per heavy atom.